The molecule has 0 N–H and O–H groups in total. The summed E-state index contributed by atoms with van der Waals surface area (Å²) in [5.41, 5.74) is -1.54. The number of ether oxygens (including phenoxy) is 5. The number of hydrogen-bond acceptors (Lipinski definition) is 20. The Balaban J connectivity index is 0.000000158. The minimum absolute atomic E-state index is 0. The number of rotatable bonds is 19. The molecule has 0 radical (unpaired) electrons. The zero-order valence-corrected chi connectivity index (χ0v) is 76.2. The zero-order valence-electron chi connectivity index (χ0n) is 72.1. The van der Waals surface area contributed by atoms with Gasteiger partial charge in [0.25, 0.3) is 0 Å². The molecule has 9 saturated heterocycles. The summed E-state index contributed by atoms with van der Waals surface area (Å²) in [6.07, 6.45) is -4.18. The Bertz CT molecular complexity index is 5950. The summed E-state index contributed by atoms with van der Waals surface area (Å²) < 4.78 is 288. The number of sulfonamides is 1. The number of carbonyl (C=O) groups is 5. The average Bonchev–Trinajstić information content (AvgIpc) is 1.68. The van der Waals surface area contributed by atoms with Crippen LogP contribution in [0.15, 0.2) is 132 Å². The average molecular weight is 1940 g/mol. The van der Waals surface area contributed by atoms with E-state index in [1.165, 1.54) is 60.5 Å². The van der Waals surface area contributed by atoms with Crippen molar-refractivity contribution < 1.29 is 134 Å². The van der Waals surface area contributed by atoms with E-state index in [0.717, 1.165) is 47.7 Å². The molecule has 0 bridgehead atoms. The lowest BCUT2D eigenvalue weighted by Crippen LogP contribution is -2.41. The van der Waals surface area contributed by atoms with Crippen molar-refractivity contribution in [3.63, 3.8) is 0 Å². The Morgan fingerprint density at radius 2 is 0.756 bits per heavy atom. The van der Waals surface area contributed by atoms with Gasteiger partial charge in [0.1, 0.15) is 90.8 Å². The fourth-order valence-corrected chi connectivity index (χ4v) is 23.4. The summed E-state index contributed by atoms with van der Waals surface area (Å²) >= 11 is 0. The Hall–Kier alpha value is -10.1. The van der Waals surface area contributed by atoms with Gasteiger partial charge in [0.05, 0.1) is 106 Å². The topological polar surface area (TPSA) is 322 Å². The van der Waals surface area contributed by atoms with Crippen LogP contribution in [0.3, 0.4) is 0 Å². The number of anilines is 5. The normalized spacial score (nSPS) is 22.1. The summed E-state index contributed by atoms with van der Waals surface area (Å²) in [5, 5.41) is 0. The van der Waals surface area contributed by atoms with Crippen LogP contribution in [0.5, 0.6) is 0 Å². The molecule has 131 heavy (non-hydrogen) atoms. The van der Waals surface area contributed by atoms with E-state index in [1.54, 1.807) is 74.5 Å². The molecule has 7 aromatic carbocycles. The summed E-state index contributed by atoms with van der Waals surface area (Å²) in [6.45, 7) is 13.6. The van der Waals surface area contributed by atoms with Crippen LogP contribution >= 0.6 is 0 Å². The second-order valence-electron chi connectivity index (χ2n) is 33.6. The molecule has 26 nitrogen and oxygen atoms in total. The predicted octanol–water partition coefficient (Wildman–Crippen LogP) is 18.0. The lowest BCUT2D eigenvalue weighted by Gasteiger charge is -2.34. The van der Waals surface area contributed by atoms with Gasteiger partial charge in [-0.2, -0.15) is 17.5 Å². The van der Waals surface area contributed by atoms with E-state index >= 15 is 4.39 Å². The molecule has 0 spiro atoms. The first-order valence-corrected chi connectivity index (χ1v) is 51.4. The van der Waals surface area contributed by atoms with Gasteiger partial charge in [-0.3, -0.25) is 24.5 Å². The third kappa shape index (κ3) is 23.9. The number of cyclic esters (lactones) is 5. The van der Waals surface area contributed by atoms with E-state index in [-0.39, 0.29) is 139 Å². The van der Waals surface area contributed by atoms with Crippen molar-refractivity contribution in [3.05, 3.63) is 190 Å². The second-order valence-corrected chi connectivity index (χ2v) is 44.6. The van der Waals surface area contributed by atoms with Crippen molar-refractivity contribution >= 4 is 108 Å². The number of nitrogens with zero attached hydrogens (tertiary/aromatic N) is 6. The Morgan fingerprint density at radius 1 is 0.427 bits per heavy atom. The minimum atomic E-state index is -4.85. The summed E-state index contributed by atoms with van der Waals surface area (Å²) in [4.78, 5) is 66.0. The van der Waals surface area contributed by atoms with Crippen LogP contribution in [0, 0.1) is 34.9 Å². The van der Waals surface area contributed by atoms with Crippen molar-refractivity contribution in [1.29, 1.82) is 0 Å². The predicted molar refractivity (Wildman–Crippen MR) is 473 cm³/mol. The van der Waals surface area contributed by atoms with Gasteiger partial charge in [-0.15, -0.1) is 0 Å². The highest BCUT2D eigenvalue weighted by Gasteiger charge is 2.48. The molecule has 5 atom stereocenters. The molecule has 9 aliphatic rings. The number of halogens is 10. The van der Waals surface area contributed by atoms with Crippen molar-refractivity contribution in [1.82, 2.24) is 4.31 Å². The number of carbonyl (C=O) groups excluding carboxylic acids is 5. The monoisotopic (exact) mass is 1940 g/mol. The van der Waals surface area contributed by atoms with Crippen LogP contribution in [-0.4, -0.2) is 194 Å². The first-order chi connectivity index (χ1) is 61.1. The first kappa shape index (κ1) is 101. The van der Waals surface area contributed by atoms with Crippen LogP contribution in [0.4, 0.5) is 96.3 Å². The molecule has 16 rings (SSSR count). The van der Waals surface area contributed by atoms with Gasteiger partial charge < -0.3 is 23.7 Å². The molecular formula is C90H104F10N6O20S5. The maximum absolute atomic E-state index is 15.3. The molecule has 5 amide bonds. The van der Waals surface area contributed by atoms with E-state index in [4.69, 9.17) is 23.7 Å². The maximum Gasteiger partial charge on any atom is 0.416 e. The zero-order chi connectivity index (χ0) is 94.7. The Labute approximate surface area is 755 Å². The molecule has 9 heterocycles. The van der Waals surface area contributed by atoms with Crippen molar-refractivity contribution in [3.8, 4) is 22.3 Å². The number of sulfone groups is 4. The molecule has 0 aliphatic carbocycles. The molecule has 714 valence electrons. The maximum atomic E-state index is 15.3. The van der Waals surface area contributed by atoms with E-state index in [1.807, 2.05) is 27.7 Å². The summed E-state index contributed by atoms with van der Waals surface area (Å²) in [7, 11) is -16.3. The Kier molecular flexibility index (Phi) is 31.6. The van der Waals surface area contributed by atoms with E-state index < -0.39 is 179 Å². The number of amides is 5. The molecule has 41 heteroatoms. The Morgan fingerprint density at radius 3 is 1.09 bits per heavy atom. The molecule has 0 aromatic heterocycles. The van der Waals surface area contributed by atoms with Crippen molar-refractivity contribution in [2.24, 2.45) is 0 Å². The molecule has 9 aliphatic heterocycles. The number of benzene rings is 7. The fraction of sp³-hybridized carbons (Fsp3) is 0.478. The van der Waals surface area contributed by atoms with Crippen LogP contribution < -0.4 is 24.5 Å². The van der Waals surface area contributed by atoms with Gasteiger partial charge in [-0.1, -0.05) is 91.4 Å². The SMILES string of the molecule is C.CC[C@H]1CN(c2cc(F)c(C3(C)CCS(=O)(=O)CC3)c(F)c2)C(=O)O1.CC[C@H]1CN(c2cc(F)c(C3CCS(=O)(=O)CC3)c(F)c2)C(=O)O1.CC[C@H]1CN(c2ccc(-c3ccc(CS(C)(=O)=O)cc3)c(F)c2)C(=O)O1.CC[C@H]1CN(c2ccc(-c3ccc(S(=O)(=O)N4CCC4)cc3)c(F)c2)C(=O)O1.CC[C@H]1CN(c2ccc(C3(F)CCS(=O)(=O)CC3)c(C(F)(F)F)c2)C(=O)O1. The highest BCUT2D eigenvalue weighted by molar-refractivity contribution is 7.92. The largest absolute Gasteiger partial charge is 0.444 e. The van der Waals surface area contributed by atoms with Gasteiger partial charge in [0, 0.05) is 58.3 Å². The highest BCUT2D eigenvalue weighted by atomic mass is 32.2. The van der Waals surface area contributed by atoms with E-state index in [9.17, 15) is 106 Å². The summed E-state index contributed by atoms with van der Waals surface area (Å²) in [5.74, 6) is -5.75. The van der Waals surface area contributed by atoms with Gasteiger partial charge in [0.15, 0.2) is 19.7 Å². The van der Waals surface area contributed by atoms with Crippen LogP contribution in [0.1, 0.15) is 160 Å². The highest BCUT2D eigenvalue weighted by Crippen LogP contribution is 2.48. The van der Waals surface area contributed by atoms with Crippen molar-refractivity contribution in [2.75, 3.05) is 111 Å². The van der Waals surface area contributed by atoms with Crippen LogP contribution in [0.25, 0.3) is 22.3 Å². The third-order valence-electron chi connectivity index (χ3n) is 24.4. The van der Waals surface area contributed by atoms with Crippen molar-refractivity contribution in [2.45, 2.75) is 190 Å². The molecule has 9 fully saturated rings. The smallest absolute Gasteiger partial charge is 0.416 e. The van der Waals surface area contributed by atoms with E-state index in [0.29, 0.717) is 97.5 Å². The standard InChI is InChI=1S/C20H21FN2O4S.C19H20FNO4S.C17H19F4NO4S.C17H21F2NO4S.C16H19F2NO4S.CH4/c1-2-16-13-23(20(24)27-16)15-6-9-18(19(21)12-15)14-4-7-17(8-5-14)28(25,26)22-10-3-11-22;1-3-16-11-21(19(22)25-16)15-8-9-17(18(20)10-15)14-6-4-13(5-7-14)12-26(2,23)24;1-2-12-10-22(15(23)26-12)11-3-4-13(14(9-11)17(19,20)21)16(18)5-7-27(24,25)8-6-16;1-3-12-10-20(16(21)24-12)11-8-13(18)15(14(19)9-11)17(2)4-6-25(22,23)7-5-17;1-2-12-9-19(16(20)23-12)11-7-13(17)15(14(18)8-11)10-3-5-24(21,22)6-4-10;/h4-9,12,16H,2-3,10-11,13H2,1H3;4-10,16H,3,11-12H2,1-2H3;3-4,9,12H,2,5-8,10H2,1H3;8-9,12H,3-7,10H2,1-2H3;7-8,10,12H,2-6,9H2,1H3;1H4/t2*16-;3*12-;/m00000./s1. The third-order valence-corrected chi connectivity index (χ3v) is 32.2. The van der Waals surface area contributed by atoms with Gasteiger partial charge in [-0.25, -0.2) is 96.8 Å². The minimum Gasteiger partial charge on any atom is -0.444 e. The molecule has 0 saturated carbocycles. The summed E-state index contributed by atoms with van der Waals surface area (Å²) in [6, 6.07) is 29.6. The van der Waals surface area contributed by atoms with E-state index in [2.05, 4.69) is 0 Å². The molecule has 7 aromatic rings. The second kappa shape index (κ2) is 40.8. The first-order valence-electron chi connectivity index (χ1n) is 42.4. The quantitative estimate of drug-likeness (QED) is 0.0536. The fourth-order valence-electron chi connectivity index (χ4n) is 16.4. The van der Waals surface area contributed by atoms with Crippen LogP contribution in [0.2, 0.25) is 0 Å². The number of hydrogen-bond donors (Lipinski definition) is 0. The van der Waals surface area contributed by atoms with Gasteiger partial charge in [-0.05, 0) is 185 Å². The van der Waals surface area contributed by atoms with Gasteiger partial charge >= 0.3 is 36.6 Å². The molecular weight excluding hydrogens is 1840 g/mol. The lowest BCUT2D eigenvalue weighted by atomic mass is 9.77. The van der Waals surface area contributed by atoms with Crippen LogP contribution in [-0.2, 0) is 96.1 Å². The molecule has 0 unspecified atom stereocenters. The number of alkyl halides is 4. The lowest BCUT2D eigenvalue weighted by molar-refractivity contribution is -0.139. The van der Waals surface area contributed by atoms with Gasteiger partial charge in [0.2, 0.25) is 10.0 Å².